The van der Waals surface area contributed by atoms with Gasteiger partial charge in [-0.1, -0.05) is 35.5 Å². The van der Waals surface area contributed by atoms with Crippen LogP contribution in [0.15, 0.2) is 36.9 Å². The van der Waals surface area contributed by atoms with Gasteiger partial charge in [-0.15, -0.1) is 6.58 Å². The van der Waals surface area contributed by atoms with Crippen molar-refractivity contribution in [2.75, 3.05) is 6.61 Å². The van der Waals surface area contributed by atoms with Crippen LogP contribution in [0.3, 0.4) is 0 Å². The van der Waals surface area contributed by atoms with Crippen LogP contribution in [-0.4, -0.2) is 16.8 Å². The molecule has 0 aliphatic carbocycles. The summed E-state index contributed by atoms with van der Waals surface area (Å²) in [6.45, 7) is 5.03. The molecule has 0 saturated heterocycles. The summed E-state index contributed by atoms with van der Waals surface area (Å²) in [6.07, 6.45) is 2.77. The van der Waals surface area contributed by atoms with Crippen molar-refractivity contribution in [2.24, 2.45) is 0 Å². The highest BCUT2D eigenvalue weighted by Crippen LogP contribution is 1.97. The normalized spacial score (nSPS) is 9.92. The van der Waals surface area contributed by atoms with E-state index in [4.69, 9.17) is 4.74 Å². The quantitative estimate of drug-likeness (QED) is 0.388. The molecular weight excluding hydrogens is 176 g/mol. The molecular formula is C11H13OSi. The topological polar surface area (TPSA) is 9.23 Å². The Labute approximate surface area is 82.9 Å². The maximum absolute atomic E-state index is 5.44. The van der Waals surface area contributed by atoms with Gasteiger partial charge in [0.25, 0.3) is 0 Å². The highest BCUT2D eigenvalue weighted by Gasteiger charge is 1.95. The summed E-state index contributed by atoms with van der Waals surface area (Å²) < 4.78 is 5.44. The summed E-state index contributed by atoms with van der Waals surface area (Å²) in [7, 11) is 3.52. The largest absolute Gasteiger partial charge is 0.376 e. The van der Waals surface area contributed by atoms with Gasteiger partial charge in [0.2, 0.25) is 0 Å². The fourth-order valence-electron chi connectivity index (χ4n) is 0.995. The third-order valence-corrected chi connectivity index (χ3v) is 2.23. The molecule has 0 bridgehead atoms. The lowest BCUT2D eigenvalue weighted by Crippen LogP contribution is -2.10. The Morgan fingerprint density at radius 1 is 1.38 bits per heavy atom. The molecule has 1 aromatic carbocycles. The van der Waals surface area contributed by atoms with E-state index in [1.54, 1.807) is 0 Å². The van der Waals surface area contributed by atoms with Crippen molar-refractivity contribution >= 4 is 15.4 Å². The van der Waals surface area contributed by atoms with Crippen molar-refractivity contribution in [2.45, 2.75) is 13.0 Å². The number of hydrogen-bond donors (Lipinski definition) is 0. The smallest absolute Gasteiger partial charge is 0.0716 e. The number of rotatable bonds is 5. The Morgan fingerprint density at radius 2 is 2.15 bits per heavy atom. The Kier molecular flexibility index (Phi) is 4.50. The SMILES string of the molecule is C=CCCOCc1ccccc1[Si]. The summed E-state index contributed by atoms with van der Waals surface area (Å²) >= 11 is 0. The van der Waals surface area contributed by atoms with Crippen molar-refractivity contribution in [3.8, 4) is 0 Å². The summed E-state index contributed by atoms with van der Waals surface area (Å²) in [6, 6.07) is 8.07. The second-order valence-electron chi connectivity index (χ2n) is 2.79. The summed E-state index contributed by atoms with van der Waals surface area (Å²) in [5, 5.41) is 1.10. The average molecular weight is 189 g/mol. The van der Waals surface area contributed by atoms with E-state index in [0.29, 0.717) is 6.61 Å². The van der Waals surface area contributed by atoms with E-state index in [0.717, 1.165) is 18.2 Å². The van der Waals surface area contributed by atoms with Gasteiger partial charge in [-0.05, 0) is 12.0 Å². The van der Waals surface area contributed by atoms with Crippen LogP contribution in [0, 0.1) is 0 Å². The van der Waals surface area contributed by atoms with Gasteiger partial charge in [-0.3, -0.25) is 0 Å². The average Bonchev–Trinajstić information content (AvgIpc) is 2.15. The summed E-state index contributed by atoms with van der Waals surface area (Å²) in [5.74, 6) is 0. The first-order chi connectivity index (χ1) is 6.34. The molecule has 0 atom stereocenters. The van der Waals surface area contributed by atoms with Gasteiger partial charge in [0.05, 0.1) is 23.5 Å². The Morgan fingerprint density at radius 3 is 2.85 bits per heavy atom. The van der Waals surface area contributed by atoms with Crippen LogP contribution in [0.4, 0.5) is 0 Å². The molecule has 0 fully saturated rings. The molecule has 0 aliphatic rings. The van der Waals surface area contributed by atoms with E-state index in [1.165, 1.54) is 5.56 Å². The van der Waals surface area contributed by atoms with E-state index in [1.807, 2.05) is 24.3 Å². The molecule has 0 unspecified atom stereocenters. The van der Waals surface area contributed by atoms with Gasteiger partial charge in [0, 0.05) is 0 Å². The molecule has 3 radical (unpaired) electrons. The second-order valence-corrected chi connectivity index (χ2v) is 3.33. The summed E-state index contributed by atoms with van der Waals surface area (Å²) in [4.78, 5) is 0. The van der Waals surface area contributed by atoms with E-state index in [2.05, 4.69) is 22.9 Å². The van der Waals surface area contributed by atoms with Crippen LogP contribution in [0.5, 0.6) is 0 Å². The van der Waals surface area contributed by atoms with Gasteiger partial charge in [-0.25, -0.2) is 0 Å². The standard InChI is InChI=1S/C11H13OSi/c1-2-3-8-12-9-10-6-4-5-7-11(10)13/h2,4-7H,1,3,8-9H2. The summed E-state index contributed by atoms with van der Waals surface area (Å²) in [5.41, 5.74) is 1.18. The Bertz CT molecular complexity index is 271. The molecule has 13 heavy (non-hydrogen) atoms. The van der Waals surface area contributed by atoms with Gasteiger partial charge < -0.3 is 4.74 Å². The number of ether oxygens (including phenoxy) is 1. The molecule has 0 N–H and O–H groups in total. The Balaban J connectivity index is 2.36. The van der Waals surface area contributed by atoms with Crippen LogP contribution < -0.4 is 5.19 Å². The molecule has 1 aromatic rings. The molecule has 0 aromatic heterocycles. The first-order valence-electron chi connectivity index (χ1n) is 4.32. The molecule has 0 heterocycles. The lowest BCUT2D eigenvalue weighted by atomic mass is 10.2. The van der Waals surface area contributed by atoms with Gasteiger partial charge in [0.15, 0.2) is 0 Å². The van der Waals surface area contributed by atoms with Gasteiger partial charge >= 0.3 is 0 Å². The minimum atomic E-state index is 0.660. The minimum Gasteiger partial charge on any atom is -0.376 e. The minimum absolute atomic E-state index is 0.660. The first kappa shape index (κ1) is 10.2. The van der Waals surface area contributed by atoms with Crippen LogP contribution >= 0.6 is 0 Å². The van der Waals surface area contributed by atoms with Crippen LogP contribution in [0.2, 0.25) is 0 Å². The third-order valence-electron chi connectivity index (χ3n) is 1.74. The molecule has 0 saturated carbocycles. The van der Waals surface area contributed by atoms with Gasteiger partial charge in [-0.2, -0.15) is 0 Å². The van der Waals surface area contributed by atoms with Crippen molar-refractivity contribution in [3.05, 3.63) is 42.5 Å². The van der Waals surface area contributed by atoms with Crippen molar-refractivity contribution in [1.29, 1.82) is 0 Å². The fourth-order valence-corrected chi connectivity index (χ4v) is 1.25. The third kappa shape index (κ3) is 3.57. The zero-order valence-corrected chi connectivity index (χ0v) is 8.62. The predicted octanol–water partition coefficient (Wildman–Crippen LogP) is 1.57. The highest BCUT2D eigenvalue weighted by molar-refractivity contribution is 6.33. The molecule has 0 spiro atoms. The number of benzene rings is 1. The zero-order valence-electron chi connectivity index (χ0n) is 7.62. The van der Waals surface area contributed by atoms with E-state index in [9.17, 15) is 0 Å². The lowest BCUT2D eigenvalue weighted by molar-refractivity contribution is 0.126. The maximum atomic E-state index is 5.44. The maximum Gasteiger partial charge on any atom is 0.0716 e. The molecule has 0 amide bonds. The van der Waals surface area contributed by atoms with E-state index < -0.39 is 0 Å². The molecule has 2 heteroatoms. The van der Waals surface area contributed by atoms with Crippen LogP contribution in [-0.2, 0) is 11.3 Å². The van der Waals surface area contributed by atoms with Crippen molar-refractivity contribution < 1.29 is 4.74 Å². The van der Waals surface area contributed by atoms with E-state index in [-0.39, 0.29) is 0 Å². The molecule has 67 valence electrons. The molecule has 0 aliphatic heterocycles. The Hall–Kier alpha value is -0.863. The van der Waals surface area contributed by atoms with Crippen molar-refractivity contribution in [1.82, 2.24) is 0 Å². The van der Waals surface area contributed by atoms with Crippen LogP contribution in [0.25, 0.3) is 0 Å². The molecule has 1 rings (SSSR count). The zero-order chi connectivity index (χ0) is 9.52. The van der Waals surface area contributed by atoms with Crippen molar-refractivity contribution in [3.63, 3.8) is 0 Å². The highest BCUT2D eigenvalue weighted by atomic mass is 28.1. The fraction of sp³-hybridized carbons (Fsp3) is 0.273. The second kappa shape index (κ2) is 5.73. The van der Waals surface area contributed by atoms with E-state index >= 15 is 0 Å². The lowest BCUT2D eigenvalue weighted by Gasteiger charge is -2.05. The van der Waals surface area contributed by atoms with Gasteiger partial charge in [0.1, 0.15) is 0 Å². The predicted molar refractivity (Wildman–Crippen MR) is 56.3 cm³/mol. The monoisotopic (exact) mass is 189 g/mol. The van der Waals surface area contributed by atoms with Crippen LogP contribution in [0.1, 0.15) is 12.0 Å². The molecule has 1 nitrogen and oxygen atoms in total. The number of hydrogen-bond acceptors (Lipinski definition) is 1. The first-order valence-corrected chi connectivity index (χ1v) is 4.82.